The number of benzene rings is 1. The second kappa shape index (κ2) is 8.17. The molecule has 0 saturated carbocycles. The van der Waals surface area contributed by atoms with Crippen LogP contribution in [0.3, 0.4) is 0 Å². The third-order valence-corrected chi connectivity index (χ3v) is 6.36. The maximum Gasteiger partial charge on any atom is 0.411 e. The Morgan fingerprint density at radius 3 is 2.56 bits per heavy atom. The molecule has 0 radical (unpaired) electrons. The van der Waals surface area contributed by atoms with Crippen molar-refractivity contribution in [1.82, 2.24) is 10.3 Å². The Hall–Kier alpha value is -2.76. The molecule has 2 unspecified atom stereocenters. The van der Waals surface area contributed by atoms with Crippen molar-refractivity contribution in [1.29, 1.82) is 0 Å². The number of amides is 1. The molecule has 2 atom stereocenters. The van der Waals surface area contributed by atoms with Gasteiger partial charge >= 0.3 is 6.18 Å². The van der Waals surface area contributed by atoms with Gasteiger partial charge in [0.25, 0.3) is 5.91 Å². The summed E-state index contributed by atoms with van der Waals surface area (Å²) in [7, 11) is 0. The van der Waals surface area contributed by atoms with Gasteiger partial charge in [-0.05, 0) is 24.3 Å². The molecule has 0 bridgehead atoms. The zero-order chi connectivity index (χ0) is 24.3. The maximum atomic E-state index is 14.7. The van der Waals surface area contributed by atoms with Gasteiger partial charge in [-0.2, -0.15) is 13.2 Å². The number of ether oxygens (including phenoxy) is 2. The van der Waals surface area contributed by atoms with Gasteiger partial charge < -0.3 is 14.8 Å². The Labute approximate surface area is 195 Å². The molecule has 180 valence electrons. The van der Waals surface area contributed by atoms with E-state index in [4.69, 9.17) is 21.1 Å². The summed E-state index contributed by atoms with van der Waals surface area (Å²) in [6.07, 6.45) is -6.02. The van der Waals surface area contributed by atoms with Crippen molar-refractivity contribution in [3.05, 3.63) is 64.5 Å². The molecule has 0 spiro atoms. The second-order valence-corrected chi connectivity index (χ2v) is 8.61. The van der Waals surface area contributed by atoms with Crippen LogP contribution in [0.4, 0.5) is 33.5 Å². The highest BCUT2D eigenvalue weighted by Gasteiger charge is 2.58. The number of carbonyl (C=O) groups excluding carboxylic acids is 1. The molecule has 12 heteroatoms. The minimum Gasteiger partial charge on any atom is -0.381 e. The Morgan fingerprint density at radius 1 is 1.15 bits per heavy atom. The first-order chi connectivity index (χ1) is 16.1. The molecule has 3 aliphatic rings. The van der Waals surface area contributed by atoms with E-state index in [1.807, 2.05) is 0 Å². The molecule has 34 heavy (non-hydrogen) atoms. The maximum absolute atomic E-state index is 14.7. The number of nitrogens with zero attached hydrogens (tertiary/aromatic N) is 2. The molecule has 2 aromatic rings. The number of epoxide rings is 1. The van der Waals surface area contributed by atoms with Gasteiger partial charge in [-0.25, -0.2) is 13.8 Å². The van der Waals surface area contributed by atoms with Gasteiger partial charge in [0.1, 0.15) is 40.4 Å². The van der Waals surface area contributed by atoms with Crippen LogP contribution in [-0.2, 0) is 14.3 Å². The van der Waals surface area contributed by atoms with Crippen molar-refractivity contribution >= 4 is 29.0 Å². The summed E-state index contributed by atoms with van der Waals surface area (Å²) in [6, 6.07) is 5.85. The van der Waals surface area contributed by atoms with E-state index in [0.717, 1.165) is 18.3 Å². The largest absolute Gasteiger partial charge is 0.411 e. The second-order valence-electron chi connectivity index (χ2n) is 8.22. The summed E-state index contributed by atoms with van der Waals surface area (Å²) in [4.78, 5) is 18.6. The Morgan fingerprint density at radius 2 is 1.88 bits per heavy atom. The minimum atomic E-state index is -4.72. The van der Waals surface area contributed by atoms with Crippen molar-refractivity contribution in [2.45, 2.75) is 36.8 Å². The van der Waals surface area contributed by atoms with E-state index in [-0.39, 0.29) is 35.4 Å². The molecule has 2 saturated heterocycles. The Kier molecular flexibility index (Phi) is 5.53. The normalized spacial score (nSPS) is 23.4. The van der Waals surface area contributed by atoms with Crippen LogP contribution >= 0.6 is 11.6 Å². The number of halogens is 6. The Balaban J connectivity index is 1.58. The van der Waals surface area contributed by atoms with Crippen LogP contribution in [0, 0.1) is 11.6 Å². The van der Waals surface area contributed by atoms with Gasteiger partial charge in [-0.1, -0.05) is 11.6 Å². The van der Waals surface area contributed by atoms with Gasteiger partial charge in [0.15, 0.2) is 0 Å². The lowest BCUT2D eigenvalue weighted by Gasteiger charge is -2.39. The van der Waals surface area contributed by atoms with Crippen molar-refractivity contribution < 1.29 is 36.2 Å². The topological polar surface area (TPSA) is 67.0 Å². The molecule has 1 aromatic carbocycles. The zero-order valence-corrected chi connectivity index (χ0v) is 18.1. The Bertz CT molecular complexity index is 1180. The van der Waals surface area contributed by atoms with Crippen LogP contribution in [-0.4, -0.2) is 41.9 Å². The molecule has 1 aromatic heterocycles. The van der Waals surface area contributed by atoms with Crippen molar-refractivity contribution in [2.24, 2.45) is 0 Å². The summed E-state index contributed by atoms with van der Waals surface area (Å²) >= 11 is 6.04. The molecule has 4 heterocycles. The van der Waals surface area contributed by atoms with E-state index < -0.39 is 54.3 Å². The fourth-order valence-electron chi connectivity index (χ4n) is 4.25. The molecule has 0 aliphatic carbocycles. The number of carbonyl (C=O) groups is 1. The molecule has 3 aliphatic heterocycles. The van der Waals surface area contributed by atoms with E-state index in [0.29, 0.717) is 11.6 Å². The first-order valence-corrected chi connectivity index (χ1v) is 10.7. The van der Waals surface area contributed by atoms with Crippen LogP contribution < -0.4 is 10.2 Å². The van der Waals surface area contributed by atoms with Crippen molar-refractivity contribution in [3.63, 3.8) is 0 Å². The van der Waals surface area contributed by atoms with Gasteiger partial charge in [-0.3, -0.25) is 9.69 Å². The number of fused-ring (bicyclic) bond motifs is 3. The zero-order valence-electron chi connectivity index (χ0n) is 17.3. The van der Waals surface area contributed by atoms with Gasteiger partial charge in [0, 0.05) is 43.9 Å². The van der Waals surface area contributed by atoms with Crippen LogP contribution in [0.25, 0.3) is 0 Å². The van der Waals surface area contributed by atoms with E-state index in [2.05, 4.69) is 10.3 Å². The molecule has 5 rings (SSSR count). The number of aromatic nitrogens is 1. The van der Waals surface area contributed by atoms with Crippen LogP contribution in [0.5, 0.6) is 0 Å². The number of pyridine rings is 1. The van der Waals surface area contributed by atoms with Gasteiger partial charge in [0.2, 0.25) is 0 Å². The number of anilines is 2. The predicted molar refractivity (Wildman–Crippen MR) is 110 cm³/mol. The summed E-state index contributed by atoms with van der Waals surface area (Å²) in [5.41, 5.74) is -2.34. The number of nitrogens with one attached hydrogen (secondary N) is 1. The fourth-order valence-corrected chi connectivity index (χ4v) is 4.39. The van der Waals surface area contributed by atoms with Crippen LogP contribution in [0.15, 0.2) is 42.1 Å². The lowest BCUT2D eigenvalue weighted by Crippen LogP contribution is -2.61. The van der Waals surface area contributed by atoms with Crippen molar-refractivity contribution in [3.8, 4) is 0 Å². The number of rotatable bonds is 3. The quantitative estimate of drug-likeness (QED) is 0.375. The third-order valence-electron chi connectivity index (χ3n) is 6.15. The van der Waals surface area contributed by atoms with Gasteiger partial charge in [-0.15, -0.1) is 0 Å². The molecule has 2 fully saturated rings. The average Bonchev–Trinajstić information content (AvgIpc) is 3.56. The highest BCUT2D eigenvalue weighted by atomic mass is 35.5. The SMILES string of the molecule is O=C(NC1(C(F)(F)F)CCOCC1)C1=CN(c2ccc(F)cc2F)c2nc(Cl)ccc2C2OC12. The van der Waals surface area contributed by atoms with Crippen LogP contribution in [0.2, 0.25) is 5.15 Å². The molecule has 6 nitrogen and oxygen atoms in total. The van der Waals surface area contributed by atoms with Crippen LogP contribution in [0.1, 0.15) is 24.5 Å². The first kappa shape index (κ1) is 23.0. The summed E-state index contributed by atoms with van der Waals surface area (Å²) in [5.74, 6) is -2.69. The number of hydrogen-bond acceptors (Lipinski definition) is 5. The van der Waals surface area contributed by atoms with Crippen molar-refractivity contribution in [2.75, 3.05) is 18.1 Å². The smallest absolute Gasteiger partial charge is 0.381 e. The highest BCUT2D eigenvalue weighted by molar-refractivity contribution is 6.29. The summed E-state index contributed by atoms with van der Waals surface area (Å²) in [6.45, 7) is -0.329. The lowest BCUT2D eigenvalue weighted by molar-refractivity contribution is -0.216. The molecular weight excluding hydrogens is 485 g/mol. The summed E-state index contributed by atoms with van der Waals surface area (Å²) < 4.78 is 80.8. The molecule has 1 N–H and O–H groups in total. The van der Waals surface area contributed by atoms with E-state index in [9.17, 15) is 26.7 Å². The van der Waals surface area contributed by atoms with E-state index >= 15 is 0 Å². The van der Waals surface area contributed by atoms with E-state index in [1.165, 1.54) is 11.0 Å². The first-order valence-electron chi connectivity index (χ1n) is 10.3. The third kappa shape index (κ3) is 3.91. The monoisotopic (exact) mass is 501 g/mol. The van der Waals surface area contributed by atoms with Gasteiger partial charge in [0.05, 0.1) is 11.3 Å². The highest BCUT2D eigenvalue weighted by Crippen LogP contribution is 2.51. The average molecular weight is 502 g/mol. The lowest BCUT2D eigenvalue weighted by atomic mass is 9.88. The number of hydrogen-bond donors (Lipinski definition) is 1. The van der Waals surface area contributed by atoms with E-state index in [1.54, 1.807) is 6.07 Å². The summed E-state index contributed by atoms with van der Waals surface area (Å²) in [5, 5.41) is 2.20. The molecule has 1 amide bonds. The fraction of sp³-hybridized carbons (Fsp3) is 0.364. The minimum absolute atomic E-state index is 0.0583. The molecular formula is C22H17ClF5N3O3. The standard InChI is InChI=1S/C22H17ClF5N3O3/c23-16-4-2-12-17-18(34-17)13(20(32)30-21(22(26,27)28)5-7-33-8-6-21)10-31(19(12)29-16)15-3-1-11(24)9-14(15)25/h1-4,9-10,17-18H,5-8H2,(H,30,32). The predicted octanol–water partition coefficient (Wildman–Crippen LogP) is 4.72. The number of alkyl halides is 3.